The number of esters is 1. The minimum atomic E-state index is -4.99. The van der Waals surface area contributed by atoms with Crippen molar-refractivity contribution in [3.05, 3.63) is 71.3 Å². The van der Waals surface area contributed by atoms with Gasteiger partial charge in [0.15, 0.2) is 5.75 Å². The summed E-state index contributed by atoms with van der Waals surface area (Å²) in [5.41, 5.74) is -2.74. The minimum Gasteiger partial charge on any atom is -1.00 e. The molecule has 44 heavy (non-hydrogen) atoms. The second-order valence-electron chi connectivity index (χ2n) is 7.48. The van der Waals surface area contributed by atoms with Crippen molar-refractivity contribution in [3.63, 3.8) is 0 Å². The molecular weight excluding hydrogens is 696 g/mol. The van der Waals surface area contributed by atoms with Crippen LogP contribution in [0.2, 0.25) is 0 Å². The Morgan fingerprint density at radius 2 is 0.977 bits per heavy atom. The van der Waals surface area contributed by atoms with Crippen molar-refractivity contribution in [3.8, 4) is 17.2 Å². The third kappa shape index (κ3) is 11.3. The number of carbonyl (C=O) groups excluding carboxylic acids is 1. The Labute approximate surface area is 343 Å². The molecule has 0 radical (unpaired) electrons. The molecular formula is C21H18Na4O16S3. The molecule has 0 amide bonds. The van der Waals surface area contributed by atoms with Crippen molar-refractivity contribution in [1.82, 2.24) is 0 Å². The van der Waals surface area contributed by atoms with Crippen LogP contribution in [0.15, 0.2) is 69.3 Å². The van der Waals surface area contributed by atoms with E-state index in [0.717, 1.165) is 6.07 Å². The number of hydrogen-bond acceptors (Lipinski definition) is 12. The smallest absolute Gasteiger partial charge is 1.00 e. The molecule has 0 aliphatic rings. The normalized spacial score (nSPS) is 10.9. The molecule has 0 heterocycles. The fourth-order valence-corrected chi connectivity index (χ4v) is 4.98. The van der Waals surface area contributed by atoms with Gasteiger partial charge in [-0.2, -0.15) is 25.3 Å². The fourth-order valence-electron chi connectivity index (χ4n) is 2.99. The van der Waals surface area contributed by atoms with Crippen LogP contribution in [0.4, 0.5) is 0 Å². The van der Waals surface area contributed by atoms with Gasteiger partial charge in [-0.25, -0.2) is 14.4 Å². The van der Waals surface area contributed by atoms with E-state index in [9.17, 15) is 55.0 Å². The van der Waals surface area contributed by atoms with Gasteiger partial charge in [0.25, 0.3) is 20.2 Å². The van der Waals surface area contributed by atoms with E-state index in [2.05, 4.69) is 0 Å². The largest absolute Gasteiger partial charge is 1.00 e. The van der Waals surface area contributed by atoms with Crippen molar-refractivity contribution >= 4 is 48.3 Å². The topological polar surface area (TPSA) is 273 Å². The molecule has 220 valence electrons. The monoisotopic (exact) mass is 714 g/mol. The summed E-state index contributed by atoms with van der Waals surface area (Å²) in [5.74, 6) is -7.64. The number of benzene rings is 3. The SMILES string of the molecule is O=C(Oc1ccc(S(=O)(=O)O)cc1C(=O)O)c1cc(S(=O)(=O)Oc2ccc(S(=O)(=O)O)cc2C(=O)O)ccc1O.[H-].[H-].[H-].[H-].[Na+].[Na+].[Na+].[Na+]. The Balaban J connectivity index is -0.000000551. The van der Waals surface area contributed by atoms with Gasteiger partial charge in [0, 0.05) is 0 Å². The van der Waals surface area contributed by atoms with Crippen molar-refractivity contribution in [1.29, 1.82) is 0 Å². The molecule has 0 unspecified atom stereocenters. The molecule has 16 nitrogen and oxygen atoms in total. The van der Waals surface area contributed by atoms with E-state index in [1.54, 1.807) is 0 Å². The van der Waals surface area contributed by atoms with Gasteiger partial charge in [-0.15, -0.1) is 0 Å². The Bertz CT molecular complexity index is 1930. The van der Waals surface area contributed by atoms with Gasteiger partial charge in [0.05, 0.1) is 9.79 Å². The number of rotatable bonds is 9. The van der Waals surface area contributed by atoms with E-state index in [-0.39, 0.29) is 124 Å². The van der Waals surface area contributed by atoms with E-state index < -0.39 is 96.9 Å². The second kappa shape index (κ2) is 17.6. The first kappa shape index (κ1) is 45.6. The maximum atomic E-state index is 12.8. The maximum Gasteiger partial charge on any atom is 1.00 e. The maximum absolute atomic E-state index is 12.8. The van der Waals surface area contributed by atoms with Crippen LogP contribution >= 0.6 is 0 Å². The number of aromatic carboxylic acids is 2. The Hall–Kier alpha value is -0.560. The molecule has 0 fully saturated rings. The summed E-state index contributed by atoms with van der Waals surface area (Å²) in [4.78, 5) is 33.1. The average molecular weight is 715 g/mol. The van der Waals surface area contributed by atoms with E-state index in [1.165, 1.54) is 0 Å². The van der Waals surface area contributed by atoms with Crippen LogP contribution < -0.4 is 127 Å². The standard InChI is InChI=1S/C21H14O16S3.4Na.4H/c22-16-4-1-12(40(34,35)37-18-6-3-11(39(31,32)33)8-15(18)20(25)26)9-13(16)21(27)36-17-5-2-10(38(28,29)30)7-14(17)19(23)24;;;;;;;;/h1-9,22H,(H,23,24)(H,25,26)(H,28,29,30)(H,31,32,33);;;;;;;;/q;4*+1;4*-1. The molecule has 3 aromatic carbocycles. The third-order valence-corrected chi connectivity index (χ3v) is 7.77. The summed E-state index contributed by atoms with van der Waals surface area (Å²) in [5, 5.41) is 28.7. The molecule has 0 spiro atoms. The molecule has 0 aliphatic heterocycles. The van der Waals surface area contributed by atoms with Crippen LogP contribution in [0, 0.1) is 0 Å². The molecule has 0 atom stereocenters. The number of carboxylic acids is 2. The molecule has 23 heteroatoms. The number of phenols is 1. The average Bonchev–Trinajstić information content (AvgIpc) is 2.82. The number of ether oxygens (including phenoxy) is 1. The Morgan fingerprint density at radius 3 is 1.41 bits per heavy atom. The Morgan fingerprint density at radius 1 is 0.591 bits per heavy atom. The van der Waals surface area contributed by atoms with Crippen LogP contribution in [-0.4, -0.2) is 67.6 Å². The summed E-state index contributed by atoms with van der Waals surface area (Å²) in [6, 6.07) is 5.54. The number of hydrogen-bond donors (Lipinski definition) is 5. The zero-order chi connectivity index (χ0) is 30.2. The van der Waals surface area contributed by atoms with Crippen LogP contribution in [0.3, 0.4) is 0 Å². The van der Waals surface area contributed by atoms with Gasteiger partial charge in [-0.3, -0.25) is 9.11 Å². The zero-order valence-electron chi connectivity index (χ0n) is 27.1. The summed E-state index contributed by atoms with van der Waals surface area (Å²) in [7, 11) is -14.7. The first-order chi connectivity index (χ1) is 18.3. The number of phenolic OH excluding ortho intramolecular Hbond substituents is 1. The van der Waals surface area contributed by atoms with E-state index in [1.807, 2.05) is 0 Å². The first-order valence-electron chi connectivity index (χ1n) is 10.0. The molecule has 0 bridgehead atoms. The summed E-state index contributed by atoms with van der Waals surface area (Å²) < 4.78 is 98.5. The second-order valence-corrected chi connectivity index (χ2v) is 11.9. The van der Waals surface area contributed by atoms with Gasteiger partial charge in [0.1, 0.15) is 33.1 Å². The molecule has 0 saturated carbocycles. The van der Waals surface area contributed by atoms with Crippen molar-refractivity contribution in [2.24, 2.45) is 0 Å². The predicted octanol–water partition coefficient (Wildman–Crippen LogP) is -10.3. The van der Waals surface area contributed by atoms with Gasteiger partial charge in [-0.05, 0) is 54.6 Å². The van der Waals surface area contributed by atoms with Crippen molar-refractivity contribution < 1.29 is 197 Å². The van der Waals surface area contributed by atoms with Gasteiger partial charge in [0.2, 0.25) is 0 Å². The van der Waals surface area contributed by atoms with Gasteiger partial charge in [-0.1, -0.05) is 0 Å². The molecule has 0 aromatic heterocycles. The number of aromatic hydroxyl groups is 1. The number of carboxylic acid groups (broad SMARTS) is 2. The van der Waals surface area contributed by atoms with E-state index >= 15 is 0 Å². The van der Waals surface area contributed by atoms with E-state index in [4.69, 9.17) is 18.0 Å². The molecule has 3 aromatic rings. The number of carbonyl (C=O) groups is 3. The van der Waals surface area contributed by atoms with Crippen molar-refractivity contribution in [2.75, 3.05) is 0 Å². The van der Waals surface area contributed by atoms with Crippen LogP contribution in [0.1, 0.15) is 36.8 Å². The molecule has 3 rings (SSSR count). The molecule has 0 aliphatic carbocycles. The van der Waals surface area contributed by atoms with Crippen LogP contribution in [-0.2, 0) is 30.4 Å². The molecule has 5 N–H and O–H groups in total. The van der Waals surface area contributed by atoms with Crippen molar-refractivity contribution in [2.45, 2.75) is 14.7 Å². The van der Waals surface area contributed by atoms with Crippen LogP contribution in [0.25, 0.3) is 0 Å². The predicted molar refractivity (Wildman–Crippen MR) is 132 cm³/mol. The quantitative estimate of drug-likeness (QED) is 0.0453. The summed E-state index contributed by atoms with van der Waals surface area (Å²) in [6.45, 7) is 0. The fraction of sp³-hybridized carbons (Fsp3) is 0. The van der Waals surface area contributed by atoms with E-state index in [0.29, 0.717) is 48.5 Å². The third-order valence-electron chi connectivity index (χ3n) is 4.84. The first-order valence-corrected chi connectivity index (χ1v) is 14.3. The minimum absolute atomic E-state index is 0. The van der Waals surface area contributed by atoms with Gasteiger partial charge >= 0.3 is 146 Å². The van der Waals surface area contributed by atoms with Crippen LogP contribution in [0.5, 0.6) is 17.2 Å². The molecule has 0 saturated heterocycles. The van der Waals surface area contributed by atoms with Gasteiger partial charge < -0.3 is 29.9 Å². The zero-order valence-corrected chi connectivity index (χ0v) is 33.6. The Kier molecular flexibility index (Phi) is 18.2. The summed E-state index contributed by atoms with van der Waals surface area (Å²) >= 11 is 0. The summed E-state index contributed by atoms with van der Waals surface area (Å²) in [6.07, 6.45) is 0.